The molecule has 1 aromatic carbocycles. The van der Waals surface area contributed by atoms with Crippen LogP contribution >= 0.6 is 27.5 Å². The Morgan fingerprint density at radius 2 is 2.05 bits per heavy atom. The molecule has 0 aliphatic heterocycles. The molecule has 0 atom stereocenters. The summed E-state index contributed by atoms with van der Waals surface area (Å²) in [6.07, 6.45) is 0. The zero-order chi connectivity index (χ0) is 14.5. The molecule has 0 radical (unpaired) electrons. The maximum absolute atomic E-state index is 6.07. The van der Waals surface area contributed by atoms with E-state index in [4.69, 9.17) is 11.6 Å². The second-order valence-electron chi connectivity index (χ2n) is 4.69. The van der Waals surface area contributed by atoms with Crippen LogP contribution in [0.15, 0.2) is 36.4 Å². The predicted molar refractivity (Wildman–Crippen MR) is 89.8 cm³/mol. The molecule has 0 amide bonds. The van der Waals surface area contributed by atoms with Gasteiger partial charge in [-0.1, -0.05) is 33.6 Å². The first-order chi connectivity index (χ1) is 9.63. The van der Waals surface area contributed by atoms with Crippen LogP contribution in [0.5, 0.6) is 0 Å². The minimum Gasteiger partial charge on any atom is -0.366 e. The summed E-state index contributed by atoms with van der Waals surface area (Å²) < 4.78 is 0. The molecule has 2 aromatic rings. The van der Waals surface area contributed by atoms with Crippen molar-refractivity contribution < 1.29 is 0 Å². The van der Waals surface area contributed by atoms with Crippen LogP contribution in [0.1, 0.15) is 23.9 Å². The normalized spacial score (nSPS) is 10.6. The lowest BCUT2D eigenvalue weighted by atomic mass is 10.1. The number of pyridine rings is 1. The number of alkyl halides is 1. The fourth-order valence-corrected chi connectivity index (χ4v) is 2.86. The standard InChI is InChI=1S/C16H18BrClN2/c1-3-20(11-15-6-4-5-12(2)19-15)16-8-7-14(18)9-13(16)10-17/h4-9H,3,10-11H2,1-2H3. The molecule has 1 aromatic heterocycles. The summed E-state index contributed by atoms with van der Waals surface area (Å²) in [5.74, 6) is 0. The van der Waals surface area contributed by atoms with Crippen LogP contribution in [0.4, 0.5) is 5.69 Å². The van der Waals surface area contributed by atoms with Gasteiger partial charge < -0.3 is 4.90 Å². The van der Waals surface area contributed by atoms with E-state index in [9.17, 15) is 0 Å². The van der Waals surface area contributed by atoms with Crippen LogP contribution in [-0.4, -0.2) is 11.5 Å². The molecule has 4 heteroatoms. The highest BCUT2D eigenvalue weighted by Gasteiger charge is 2.11. The minimum atomic E-state index is 0.771. The Morgan fingerprint density at radius 1 is 1.25 bits per heavy atom. The van der Waals surface area contributed by atoms with Crippen LogP contribution < -0.4 is 4.90 Å². The monoisotopic (exact) mass is 352 g/mol. The molecule has 0 N–H and O–H groups in total. The van der Waals surface area contributed by atoms with Crippen molar-refractivity contribution in [1.82, 2.24) is 4.98 Å². The molecule has 0 spiro atoms. The number of anilines is 1. The largest absolute Gasteiger partial charge is 0.366 e. The Hall–Kier alpha value is -1.06. The summed E-state index contributed by atoms with van der Waals surface area (Å²) in [4.78, 5) is 6.89. The summed E-state index contributed by atoms with van der Waals surface area (Å²) in [7, 11) is 0. The van der Waals surface area contributed by atoms with Gasteiger partial charge in [0.05, 0.1) is 12.2 Å². The van der Waals surface area contributed by atoms with Crippen molar-refractivity contribution in [2.75, 3.05) is 11.4 Å². The van der Waals surface area contributed by atoms with Gasteiger partial charge in [-0.3, -0.25) is 4.98 Å². The van der Waals surface area contributed by atoms with E-state index in [2.05, 4.69) is 50.9 Å². The zero-order valence-electron chi connectivity index (χ0n) is 11.7. The molecule has 106 valence electrons. The molecule has 0 fully saturated rings. The molecule has 2 nitrogen and oxygen atoms in total. The molecule has 0 aliphatic carbocycles. The van der Waals surface area contributed by atoms with Crippen molar-refractivity contribution >= 4 is 33.2 Å². The smallest absolute Gasteiger partial charge is 0.0602 e. The summed E-state index contributed by atoms with van der Waals surface area (Å²) in [6, 6.07) is 12.2. The van der Waals surface area contributed by atoms with E-state index in [-0.39, 0.29) is 0 Å². The van der Waals surface area contributed by atoms with Gasteiger partial charge in [0.25, 0.3) is 0 Å². The molecule has 0 bridgehead atoms. The predicted octanol–water partition coefficient (Wildman–Crippen LogP) is 4.96. The number of hydrogen-bond donors (Lipinski definition) is 0. The van der Waals surface area contributed by atoms with Gasteiger partial charge in [0.1, 0.15) is 0 Å². The summed E-state index contributed by atoms with van der Waals surface area (Å²) in [5.41, 5.74) is 4.54. The van der Waals surface area contributed by atoms with Crippen molar-refractivity contribution in [3.05, 3.63) is 58.4 Å². The maximum Gasteiger partial charge on any atom is 0.0602 e. The van der Waals surface area contributed by atoms with Gasteiger partial charge >= 0.3 is 0 Å². The van der Waals surface area contributed by atoms with Gasteiger partial charge in [0.2, 0.25) is 0 Å². The third kappa shape index (κ3) is 3.74. The van der Waals surface area contributed by atoms with E-state index in [1.165, 1.54) is 11.3 Å². The first kappa shape index (κ1) is 15.3. The third-order valence-corrected chi connectivity index (χ3v) is 4.05. The molecular weight excluding hydrogens is 336 g/mol. The second-order valence-corrected chi connectivity index (χ2v) is 5.69. The number of benzene rings is 1. The number of halogens is 2. The first-order valence-electron chi connectivity index (χ1n) is 6.66. The van der Waals surface area contributed by atoms with Gasteiger partial charge in [0, 0.05) is 28.3 Å². The van der Waals surface area contributed by atoms with Crippen molar-refractivity contribution in [2.45, 2.75) is 25.7 Å². The number of nitrogens with zero attached hydrogens (tertiary/aromatic N) is 2. The lowest BCUT2D eigenvalue weighted by molar-refractivity contribution is 0.802. The second kappa shape index (κ2) is 7.09. The molecule has 0 aliphatic rings. The van der Waals surface area contributed by atoms with Crippen molar-refractivity contribution in [1.29, 1.82) is 0 Å². The molecule has 20 heavy (non-hydrogen) atoms. The number of aryl methyl sites for hydroxylation is 1. The van der Waals surface area contributed by atoms with Crippen LogP contribution in [0, 0.1) is 6.92 Å². The van der Waals surface area contributed by atoms with Crippen LogP contribution in [0.3, 0.4) is 0 Å². The van der Waals surface area contributed by atoms with Crippen molar-refractivity contribution in [2.24, 2.45) is 0 Å². The topological polar surface area (TPSA) is 16.1 Å². The van der Waals surface area contributed by atoms with E-state index >= 15 is 0 Å². The average Bonchev–Trinajstić information content (AvgIpc) is 2.45. The van der Waals surface area contributed by atoms with E-state index < -0.39 is 0 Å². The molecular formula is C16H18BrClN2. The lowest BCUT2D eigenvalue weighted by Crippen LogP contribution is -2.23. The van der Waals surface area contributed by atoms with Gasteiger partial charge in [0.15, 0.2) is 0 Å². The maximum atomic E-state index is 6.07. The Balaban J connectivity index is 2.28. The molecule has 0 saturated carbocycles. The molecule has 0 saturated heterocycles. The van der Waals surface area contributed by atoms with Gasteiger partial charge in [-0.15, -0.1) is 0 Å². The Kier molecular flexibility index (Phi) is 5.44. The zero-order valence-corrected chi connectivity index (χ0v) is 14.1. The number of hydrogen-bond acceptors (Lipinski definition) is 2. The Labute approximate surface area is 133 Å². The van der Waals surface area contributed by atoms with Crippen molar-refractivity contribution in [3.63, 3.8) is 0 Å². The Bertz CT molecular complexity index is 586. The molecule has 1 heterocycles. The summed E-state index contributed by atoms with van der Waals surface area (Å²) in [5, 5.41) is 1.56. The van der Waals surface area contributed by atoms with Crippen LogP contribution in [0.2, 0.25) is 5.02 Å². The van der Waals surface area contributed by atoms with Gasteiger partial charge in [-0.25, -0.2) is 0 Å². The first-order valence-corrected chi connectivity index (χ1v) is 8.16. The third-order valence-electron chi connectivity index (χ3n) is 3.21. The molecule has 2 rings (SSSR count). The fourth-order valence-electron chi connectivity index (χ4n) is 2.22. The minimum absolute atomic E-state index is 0.771. The quantitative estimate of drug-likeness (QED) is 0.706. The number of aromatic nitrogens is 1. The fraction of sp³-hybridized carbons (Fsp3) is 0.312. The van der Waals surface area contributed by atoms with Crippen LogP contribution in [-0.2, 0) is 11.9 Å². The lowest BCUT2D eigenvalue weighted by Gasteiger charge is -2.25. The van der Waals surface area contributed by atoms with Gasteiger partial charge in [-0.2, -0.15) is 0 Å². The van der Waals surface area contributed by atoms with E-state index in [1.54, 1.807) is 0 Å². The summed E-state index contributed by atoms with van der Waals surface area (Å²) >= 11 is 9.61. The highest BCUT2D eigenvalue weighted by Crippen LogP contribution is 2.27. The SMILES string of the molecule is CCN(Cc1cccc(C)n1)c1ccc(Cl)cc1CBr. The van der Waals surface area contributed by atoms with E-state index in [0.29, 0.717) is 0 Å². The van der Waals surface area contributed by atoms with Crippen LogP contribution in [0.25, 0.3) is 0 Å². The van der Waals surface area contributed by atoms with Crippen molar-refractivity contribution in [3.8, 4) is 0 Å². The average molecular weight is 354 g/mol. The van der Waals surface area contributed by atoms with E-state index in [0.717, 1.165) is 34.8 Å². The highest BCUT2D eigenvalue weighted by atomic mass is 79.9. The van der Waals surface area contributed by atoms with E-state index in [1.807, 2.05) is 25.1 Å². The molecule has 0 unspecified atom stereocenters. The highest BCUT2D eigenvalue weighted by molar-refractivity contribution is 9.08. The Morgan fingerprint density at radius 3 is 2.70 bits per heavy atom. The van der Waals surface area contributed by atoms with Gasteiger partial charge in [-0.05, 0) is 49.7 Å². The number of rotatable bonds is 5. The summed E-state index contributed by atoms with van der Waals surface area (Å²) in [6.45, 7) is 5.91.